The molecule has 19 heavy (non-hydrogen) atoms. The molecule has 2 nitrogen and oxygen atoms in total. The van der Waals surface area contributed by atoms with E-state index in [1.807, 2.05) is 0 Å². The lowest BCUT2D eigenvalue weighted by Gasteiger charge is -2.14. The van der Waals surface area contributed by atoms with Gasteiger partial charge in [0.2, 0.25) is 0 Å². The first-order valence-corrected chi connectivity index (χ1v) is 6.37. The number of aliphatic hydroxyl groups is 1. The smallest absolute Gasteiger partial charge is 0.136 e. The van der Waals surface area contributed by atoms with Gasteiger partial charge in [0.25, 0.3) is 0 Å². The Bertz CT molecular complexity index is 580. The number of rotatable bonds is 3. The van der Waals surface area contributed by atoms with Gasteiger partial charge in [-0.2, -0.15) is 0 Å². The van der Waals surface area contributed by atoms with Gasteiger partial charge >= 0.3 is 0 Å². The Morgan fingerprint density at radius 2 is 1.95 bits per heavy atom. The van der Waals surface area contributed by atoms with E-state index in [2.05, 4.69) is 15.9 Å². The molecule has 5 heteroatoms. The van der Waals surface area contributed by atoms with Crippen molar-refractivity contribution < 1.29 is 18.6 Å². The van der Waals surface area contributed by atoms with Crippen LogP contribution in [0.15, 0.2) is 40.9 Å². The zero-order valence-corrected chi connectivity index (χ0v) is 11.6. The van der Waals surface area contributed by atoms with Crippen molar-refractivity contribution >= 4 is 15.9 Å². The third kappa shape index (κ3) is 3.30. The quantitative estimate of drug-likeness (QED) is 0.894. The molecule has 2 aromatic rings. The van der Waals surface area contributed by atoms with Gasteiger partial charge in [0.05, 0.1) is 11.7 Å². The number of hydrogen-bond acceptors (Lipinski definition) is 2. The van der Waals surface area contributed by atoms with E-state index >= 15 is 0 Å². The summed E-state index contributed by atoms with van der Waals surface area (Å²) in [6.45, 7) is 1.44. The normalized spacial score (nSPS) is 12.3. The van der Waals surface area contributed by atoms with Crippen LogP contribution in [0.2, 0.25) is 0 Å². The van der Waals surface area contributed by atoms with Gasteiger partial charge < -0.3 is 9.84 Å². The summed E-state index contributed by atoms with van der Waals surface area (Å²) in [7, 11) is 0. The fourth-order valence-corrected chi connectivity index (χ4v) is 2.17. The lowest BCUT2D eigenvalue weighted by Crippen LogP contribution is -2.00. The molecule has 0 spiro atoms. The summed E-state index contributed by atoms with van der Waals surface area (Å²) >= 11 is 3.14. The van der Waals surface area contributed by atoms with Crippen LogP contribution >= 0.6 is 15.9 Å². The van der Waals surface area contributed by atoms with E-state index in [4.69, 9.17) is 4.74 Å². The molecule has 0 aliphatic heterocycles. The molecular weight excluding hydrogens is 318 g/mol. The minimum Gasteiger partial charge on any atom is -0.457 e. The molecule has 2 rings (SSSR count). The molecule has 0 aliphatic carbocycles. The summed E-state index contributed by atoms with van der Waals surface area (Å²) < 4.78 is 32.8. The summed E-state index contributed by atoms with van der Waals surface area (Å²) in [5, 5.41) is 9.57. The summed E-state index contributed by atoms with van der Waals surface area (Å²) in [4.78, 5) is 0. The van der Waals surface area contributed by atoms with Crippen LogP contribution in [0, 0.1) is 11.6 Å². The van der Waals surface area contributed by atoms with Crippen LogP contribution in [0.25, 0.3) is 0 Å². The van der Waals surface area contributed by atoms with Crippen LogP contribution < -0.4 is 4.74 Å². The first kappa shape index (κ1) is 14.0. The lowest BCUT2D eigenvalue weighted by molar-refractivity contribution is 0.190. The highest BCUT2D eigenvalue weighted by Gasteiger charge is 2.15. The maximum atomic E-state index is 13.6. The van der Waals surface area contributed by atoms with Gasteiger partial charge in [0, 0.05) is 10.5 Å². The van der Waals surface area contributed by atoms with Crippen molar-refractivity contribution in [1.29, 1.82) is 0 Å². The number of ether oxygens (including phenoxy) is 1. The molecule has 0 aromatic heterocycles. The Labute approximate surface area is 117 Å². The number of benzene rings is 2. The van der Waals surface area contributed by atoms with Crippen LogP contribution in [0.5, 0.6) is 11.5 Å². The van der Waals surface area contributed by atoms with Crippen LogP contribution in [-0.2, 0) is 0 Å². The third-order valence-electron chi connectivity index (χ3n) is 2.49. The van der Waals surface area contributed by atoms with Gasteiger partial charge in [-0.3, -0.25) is 0 Å². The van der Waals surface area contributed by atoms with Crippen molar-refractivity contribution in [2.24, 2.45) is 0 Å². The van der Waals surface area contributed by atoms with Gasteiger partial charge in [0.15, 0.2) is 0 Å². The predicted molar refractivity (Wildman–Crippen MR) is 71.2 cm³/mol. The molecule has 1 unspecified atom stereocenters. The van der Waals surface area contributed by atoms with Gasteiger partial charge in [-0.25, -0.2) is 8.78 Å². The van der Waals surface area contributed by atoms with Crippen LogP contribution in [0.1, 0.15) is 18.6 Å². The van der Waals surface area contributed by atoms with E-state index in [-0.39, 0.29) is 17.1 Å². The van der Waals surface area contributed by atoms with Crippen molar-refractivity contribution in [3.8, 4) is 11.5 Å². The second-order valence-electron chi connectivity index (χ2n) is 4.03. The topological polar surface area (TPSA) is 29.5 Å². The molecule has 0 heterocycles. The zero-order chi connectivity index (χ0) is 14.0. The van der Waals surface area contributed by atoms with Crippen molar-refractivity contribution in [2.45, 2.75) is 13.0 Å². The Hall–Kier alpha value is -1.46. The highest BCUT2D eigenvalue weighted by atomic mass is 79.9. The Balaban J connectivity index is 2.40. The van der Waals surface area contributed by atoms with E-state index in [9.17, 15) is 13.9 Å². The number of aliphatic hydroxyl groups excluding tert-OH is 1. The van der Waals surface area contributed by atoms with Crippen LogP contribution in [0.4, 0.5) is 8.78 Å². The third-order valence-corrected chi connectivity index (χ3v) is 2.95. The molecule has 0 amide bonds. The monoisotopic (exact) mass is 328 g/mol. The summed E-state index contributed by atoms with van der Waals surface area (Å²) in [5.74, 6) is -0.658. The first-order valence-electron chi connectivity index (χ1n) is 5.58. The van der Waals surface area contributed by atoms with Gasteiger partial charge in [-0.05, 0) is 31.2 Å². The summed E-state index contributed by atoms with van der Waals surface area (Å²) in [5.41, 5.74) is 0.0443. The SMILES string of the molecule is CC(O)c1c(F)cccc1Oc1cc(F)cc(Br)c1. The zero-order valence-electron chi connectivity index (χ0n) is 10.0. The molecule has 1 N–H and O–H groups in total. The van der Waals surface area contributed by atoms with E-state index < -0.39 is 17.7 Å². The van der Waals surface area contributed by atoms with E-state index in [1.165, 1.54) is 37.3 Å². The second kappa shape index (κ2) is 5.67. The molecular formula is C14H11BrF2O2. The molecule has 0 radical (unpaired) electrons. The van der Waals surface area contributed by atoms with Crippen LogP contribution in [-0.4, -0.2) is 5.11 Å². The first-order chi connectivity index (χ1) is 8.97. The molecule has 1 atom stereocenters. The molecule has 100 valence electrons. The van der Waals surface area contributed by atoms with E-state index in [0.717, 1.165) is 0 Å². The van der Waals surface area contributed by atoms with Gasteiger partial charge in [-0.15, -0.1) is 0 Å². The average Bonchev–Trinajstić information content (AvgIpc) is 2.26. The Morgan fingerprint density at radius 1 is 1.21 bits per heavy atom. The van der Waals surface area contributed by atoms with Gasteiger partial charge in [-0.1, -0.05) is 22.0 Å². The van der Waals surface area contributed by atoms with Crippen molar-refractivity contribution in [1.82, 2.24) is 0 Å². The van der Waals surface area contributed by atoms with Gasteiger partial charge in [0.1, 0.15) is 23.1 Å². The minimum absolute atomic E-state index is 0.0443. The summed E-state index contributed by atoms with van der Waals surface area (Å²) in [6.07, 6.45) is -1.02. The fraction of sp³-hybridized carbons (Fsp3) is 0.143. The minimum atomic E-state index is -1.02. The van der Waals surface area contributed by atoms with E-state index in [1.54, 1.807) is 6.07 Å². The fourth-order valence-electron chi connectivity index (χ4n) is 1.73. The standard InChI is InChI=1S/C14H11BrF2O2/c1-8(18)14-12(17)3-2-4-13(14)19-11-6-9(15)5-10(16)7-11/h2-8,18H,1H3. The molecule has 0 fully saturated rings. The molecule has 2 aromatic carbocycles. The Morgan fingerprint density at radius 3 is 2.58 bits per heavy atom. The number of halogens is 3. The predicted octanol–water partition coefficient (Wildman–Crippen LogP) is 4.57. The van der Waals surface area contributed by atoms with Crippen molar-refractivity contribution in [3.63, 3.8) is 0 Å². The largest absolute Gasteiger partial charge is 0.457 e. The second-order valence-corrected chi connectivity index (χ2v) is 4.95. The average molecular weight is 329 g/mol. The molecule has 0 bridgehead atoms. The Kier molecular flexibility index (Phi) is 4.17. The highest BCUT2D eigenvalue weighted by Crippen LogP contribution is 2.32. The van der Waals surface area contributed by atoms with Crippen molar-refractivity contribution in [3.05, 3.63) is 58.1 Å². The molecule has 0 saturated heterocycles. The summed E-state index contributed by atoms with van der Waals surface area (Å²) in [6, 6.07) is 8.24. The maximum Gasteiger partial charge on any atom is 0.136 e. The maximum absolute atomic E-state index is 13.6. The van der Waals surface area contributed by atoms with Crippen molar-refractivity contribution in [2.75, 3.05) is 0 Å². The van der Waals surface area contributed by atoms with Crippen LogP contribution in [0.3, 0.4) is 0 Å². The van der Waals surface area contributed by atoms with E-state index in [0.29, 0.717) is 4.47 Å². The molecule has 0 aliphatic rings. The molecule has 0 saturated carbocycles. The lowest BCUT2D eigenvalue weighted by atomic mass is 10.1. The highest BCUT2D eigenvalue weighted by molar-refractivity contribution is 9.10. The number of hydrogen-bond donors (Lipinski definition) is 1.